The highest BCUT2D eigenvalue weighted by atomic mass is 16.5. The first kappa shape index (κ1) is 22.2. The van der Waals surface area contributed by atoms with Gasteiger partial charge in [0.1, 0.15) is 5.75 Å². The monoisotopic (exact) mass is 449 g/mol. The predicted octanol–water partition coefficient (Wildman–Crippen LogP) is 3.52. The topological polar surface area (TPSA) is 89.1 Å². The van der Waals surface area contributed by atoms with Crippen LogP contribution >= 0.6 is 0 Å². The van der Waals surface area contributed by atoms with Crippen molar-refractivity contribution < 1.29 is 19.0 Å². The van der Waals surface area contributed by atoms with E-state index in [1.165, 1.54) is 0 Å². The van der Waals surface area contributed by atoms with Crippen LogP contribution in [-0.4, -0.2) is 68.6 Å². The minimum atomic E-state index is -0.144. The van der Waals surface area contributed by atoms with Crippen LogP contribution in [-0.2, 0) is 0 Å². The van der Waals surface area contributed by atoms with Gasteiger partial charge in [-0.25, -0.2) is 4.79 Å². The molecule has 0 unspecified atom stereocenters. The van der Waals surface area contributed by atoms with Gasteiger partial charge < -0.3 is 29.3 Å². The molecular weight excluding hydrogens is 422 g/mol. The quantitative estimate of drug-likeness (QED) is 0.616. The van der Waals surface area contributed by atoms with Crippen LogP contribution in [0.15, 0.2) is 54.6 Å². The Hall–Kier alpha value is -4.01. The third kappa shape index (κ3) is 4.92. The first-order chi connectivity index (χ1) is 16.1. The van der Waals surface area contributed by atoms with Crippen molar-refractivity contribution in [2.45, 2.75) is 0 Å². The summed E-state index contributed by atoms with van der Waals surface area (Å²) in [6.45, 7) is 2.51. The van der Waals surface area contributed by atoms with Gasteiger partial charge in [0, 0.05) is 31.7 Å². The molecule has 0 aliphatic carbocycles. The Bertz CT molecular complexity index is 1100. The molecule has 1 aromatic heterocycles. The molecule has 0 spiro atoms. The molecule has 0 radical (unpaired) electrons. The highest BCUT2D eigenvalue weighted by Crippen LogP contribution is 2.31. The van der Waals surface area contributed by atoms with Crippen LogP contribution in [0, 0.1) is 0 Å². The highest BCUT2D eigenvalue weighted by Gasteiger charge is 2.23. The van der Waals surface area contributed by atoms with Crippen LogP contribution < -0.4 is 24.4 Å². The van der Waals surface area contributed by atoms with Crippen molar-refractivity contribution >= 4 is 17.5 Å². The van der Waals surface area contributed by atoms with Crippen LogP contribution in [0.3, 0.4) is 0 Å². The number of benzene rings is 2. The van der Waals surface area contributed by atoms with Crippen LogP contribution in [0.2, 0.25) is 0 Å². The van der Waals surface area contributed by atoms with E-state index in [0.717, 1.165) is 17.1 Å². The maximum atomic E-state index is 12.7. The molecule has 9 heteroatoms. The Morgan fingerprint density at radius 3 is 2.21 bits per heavy atom. The maximum Gasteiger partial charge on any atom is 0.322 e. The molecule has 2 amide bonds. The predicted molar refractivity (Wildman–Crippen MR) is 126 cm³/mol. The van der Waals surface area contributed by atoms with Crippen molar-refractivity contribution in [3.63, 3.8) is 0 Å². The first-order valence-electron chi connectivity index (χ1n) is 10.6. The number of carbonyl (C=O) groups is 1. The minimum Gasteiger partial charge on any atom is -0.495 e. The molecule has 1 fully saturated rings. The molecule has 9 nitrogen and oxygen atoms in total. The summed E-state index contributed by atoms with van der Waals surface area (Å²) in [4.78, 5) is 16.6. The van der Waals surface area contributed by atoms with Crippen LogP contribution in [0.1, 0.15) is 0 Å². The Morgan fingerprint density at radius 1 is 0.818 bits per heavy atom. The highest BCUT2D eigenvalue weighted by molar-refractivity contribution is 5.91. The van der Waals surface area contributed by atoms with E-state index in [0.29, 0.717) is 49.1 Å². The third-order valence-electron chi connectivity index (χ3n) is 5.57. The summed E-state index contributed by atoms with van der Waals surface area (Å²) >= 11 is 0. The number of rotatable bonds is 6. The normalized spacial score (nSPS) is 13.4. The number of aromatic nitrogens is 2. The van der Waals surface area contributed by atoms with E-state index < -0.39 is 0 Å². The lowest BCUT2D eigenvalue weighted by atomic mass is 10.1. The van der Waals surface area contributed by atoms with E-state index in [1.54, 1.807) is 26.2 Å². The van der Waals surface area contributed by atoms with Gasteiger partial charge in [-0.05, 0) is 42.5 Å². The van der Waals surface area contributed by atoms with Gasteiger partial charge in [0.05, 0.1) is 32.7 Å². The summed E-state index contributed by atoms with van der Waals surface area (Å²) in [7, 11) is 4.79. The number of nitrogens with zero attached hydrogens (tertiary/aromatic N) is 4. The van der Waals surface area contributed by atoms with Gasteiger partial charge in [-0.2, -0.15) is 0 Å². The fraction of sp³-hybridized carbons (Fsp3) is 0.292. The lowest BCUT2D eigenvalue weighted by molar-refractivity contribution is 0.208. The van der Waals surface area contributed by atoms with Crippen molar-refractivity contribution in [1.29, 1.82) is 0 Å². The number of para-hydroxylation sites is 2. The van der Waals surface area contributed by atoms with Crippen molar-refractivity contribution in [1.82, 2.24) is 15.1 Å². The number of piperazine rings is 1. The summed E-state index contributed by atoms with van der Waals surface area (Å²) in [5.74, 6) is 2.72. The number of carbonyl (C=O) groups excluding carboxylic acids is 1. The van der Waals surface area contributed by atoms with Gasteiger partial charge in [0.15, 0.2) is 17.3 Å². The summed E-state index contributed by atoms with van der Waals surface area (Å²) in [6.07, 6.45) is 0. The molecule has 172 valence electrons. The summed E-state index contributed by atoms with van der Waals surface area (Å²) in [5.41, 5.74) is 2.29. The number of nitrogens with one attached hydrogen (secondary N) is 1. The number of urea groups is 1. The molecule has 3 aromatic rings. The number of methoxy groups -OCH3 is 3. The Balaban J connectivity index is 1.37. The molecule has 2 heterocycles. The van der Waals surface area contributed by atoms with Gasteiger partial charge in [0.2, 0.25) is 0 Å². The SMILES string of the molecule is COc1ccccc1NC(=O)N1CCN(c2ccc(-c3ccc(OC)c(OC)c3)nn2)CC1. The van der Waals surface area contributed by atoms with Gasteiger partial charge in [-0.1, -0.05) is 12.1 Å². The van der Waals surface area contributed by atoms with Crippen molar-refractivity contribution in [3.05, 3.63) is 54.6 Å². The molecule has 1 aliphatic heterocycles. The molecule has 1 N–H and O–H groups in total. The second-order valence-electron chi connectivity index (χ2n) is 7.45. The standard InChI is InChI=1S/C24H27N5O4/c1-31-20-7-5-4-6-19(20)25-24(30)29-14-12-28(13-15-29)23-11-9-18(26-27-23)17-8-10-21(32-2)22(16-17)33-3/h4-11,16H,12-15H2,1-3H3,(H,25,30). The largest absolute Gasteiger partial charge is 0.495 e. The van der Waals surface area contributed by atoms with Crippen LogP contribution in [0.5, 0.6) is 17.2 Å². The zero-order valence-electron chi connectivity index (χ0n) is 18.9. The maximum absolute atomic E-state index is 12.7. The van der Waals surface area contributed by atoms with Crippen molar-refractivity contribution in [2.75, 3.05) is 57.7 Å². The Morgan fingerprint density at radius 2 is 1.55 bits per heavy atom. The molecule has 0 saturated carbocycles. The second kappa shape index (κ2) is 10.1. The molecule has 1 aliphatic rings. The fourth-order valence-corrected chi connectivity index (χ4v) is 3.72. The van der Waals surface area contributed by atoms with E-state index in [9.17, 15) is 4.79 Å². The van der Waals surface area contributed by atoms with E-state index >= 15 is 0 Å². The summed E-state index contributed by atoms with van der Waals surface area (Å²) in [6, 6.07) is 16.7. The van der Waals surface area contributed by atoms with E-state index in [-0.39, 0.29) is 6.03 Å². The molecule has 2 aromatic carbocycles. The second-order valence-corrected chi connectivity index (χ2v) is 7.45. The minimum absolute atomic E-state index is 0.144. The van der Waals surface area contributed by atoms with Gasteiger partial charge in [0.25, 0.3) is 0 Å². The van der Waals surface area contributed by atoms with E-state index in [1.807, 2.05) is 54.6 Å². The molecule has 1 saturated heterocycles. The van der Waals surface area contributed by atoms with E-state index in [2.05, 4.69) is 20.4 Å². The molecular formula is C24H27N5O4. The molecule has 33 heavy (non-hydrogen) atoms. The van der Waals surface area contributed by atoms with Gasteiger partial charge in [-0.3, -0.25) is 0 Å². The molecule has 0 bridgehead atoms. The van der Waals surface area contributed by atoms with Gasteiger partial charge >= 0.3 is 6.03 Å². The van der Waals surface area contributed by atoms with Crippen LogP contribution in [0.4, 0.5) is 16.3 Å². The average molecular weight is 450 g/mol. The lowest BCUT2D eigenvalue weighted by Crippen LogP contribution is -2.50. The number of ether oxygens (including phenoxy) is 3. The number of anilines is 2. The summed E-state index contributed by atoms with van der Waals surface area (Å²) < 4.78 is 16.0. The first-order valence-corrected chi connectivity index (χ1v) is 10.6. The molecule has 4 rings (SSSR count). The molecule has 0 atom stereocenters. The zero-order valence-corrected chi connectivity index (χ0v) is 18.9. The number of amides is 2. The number of hydrogen-bond acceptors (Lipinski definition) is 7. The van der Waals surface area contributed by atoms with E-state index in [4.69, 9.17) is 14.2 Å². The van der Waals surface area contributed by atoms with Crippen LogP contribution in [0.25, 0.3) is 11.3 Å². The lowest BCUT2D eigenvalue weighted by Gasteiger charge is -2.35. The Kier molecular flexibility index (Phi) is 6.77. The average Bonchev–Trinajstić information content (AvgIpc) is 2.88. The third-order valence-corrected chi connectivity index (χ3v) is 5.57. The number of hydrogen-bond donors (Lipinski definition) is 1. The van der Waals surface area contributed by atoms with Crippen molar-refractivity contribution in [2.24, 2.45) is 0 Å². The zero-order chi connectivity index (χ0) is 23.2. The Labute approximate surface area is 192 Å². The van der Waals surface area contributed by atoms with Crippen molar-refractivity contribution in [3.8, 4) is 28.5 Å². The smallest absolute Gasteiger partial charge is 0.322 e. The summed E-state index contributed by atoms with van der Waals surface area (Å²) in [5, 5.41) is 11.7. The van der Waals surface area contributed by atoms with Gasteiger partial charge in [-0.15, -0.1) is 10.2 Å². The fourth-order valence-electron chi connectivity index (χ4n) is 3.72.